The van der Waals surface area contributed by atoms with Gasteiger partial charge in [0, 0.05) is 16.2 Å². The molecule has 0 bridgehead atoms. The van der Waals surface area contributed by atoms with Crippen LogP contribution in [-0.2, 0) is 0 Å². The van der Waals surface area contributed by atoms with Crippen molar-refractivity contribution < 1.29 is 4.80 Å². The van der Waals surface area contributed by atoms with E-state index in [1.54, 1.807) is 14.5 Å². The Bertz CT molecular complexity index is 950. The second-order valence-corrected chi connectivity index (χ2v) is 5.60. The number of aromatic nitrogens is 6. The van der Waals surface area contributed by atoms with E-state index < -0.39 is 0 Å². The summed E-state index contributed by atoms with van der Waals surface area (Å²) in [6.07, 6.45) is 1.94. The van der Waals surface area contributed by atoms with E-state index in [0.29, 0.717) is 5.82 Å². The Morgan fingerprint density at radius 2 is 1.50 bits per heavy atom. The van der Waals surface area contributed by atoms with Gasteiger partial charge in [0.1, 0.15) is 11.1 Å². The van der Waals surface area contributed by atoms with Crippen molar-refractivity contribution in [1.82, 2.24) is 25.0 Å². The lowest BCUT2D eigenvalue weighted by atomic mass is 10.2. The first-order chi connectivity index (χ1) is 11.7. The molecule has 2 heterocycles. The van der Waals surface area contributed by atoms with Gasteiger partial charge in [-0.25, -0.2) is 0 Å². The van der Waals surface area contributed by atoms with Crippen LogP contribution in [0.1, 0.15) is 11.3 Å². The van der Waals surface area contributed by atoms with Gasteiger partial charge < -0.3 is 0 Å². The van der Waals surface area contributed by atoms with Crippen LogP contribution in [-0.4, -0.2) is 25.0 Å². The fourth-order valence-corrected chi connectivity index (χ4v) is 2.45. The lowest BCUT2D eigenvalue weighted by Crippen LogP contribution is -2.47. The third-order valence-electron chi connectivity index (χ3n) is 3.88. The molecule has 0 unspecified atom stereocenters. The summed E-state index contributed by atoms with van der Waals surface area (Å²) in [6.45, 7) is 4.01. The van der Waals surface area contributed by atoms with Gasteiger partial charge in [-0.3, -0.25) is 0 Å². The van der Waals surface area contributed by atoms with Crippen LogP contribution in [0.15, 0.2) is 66.9 Å². The number of para-hydroxylation sites is 1. The van der Waals surface area contributed by atoms with Crippen molar-refractivity contribution in [1.29, 1.82) is 0 Å². The van der Waals surface area contributed by atoms with Crippen LogP contribution in [0.5, 0.6) is 0 Å². The summed E-state index contributed by atoms with van der Waals surface area (Å²) < 4.78 is 0. The van der Waals surface area contributed by atoms with Gasteiger partial charge in [0.15, 0.2) is 5.69 Å². The zero-order valence-corrected chi connectivity index (χ0v) is 13.5. The highest BCUT2D eigenvalue weighted by molar-refractivity contribution is 5.52. The van der Waals surface area contributed by atoms with E-state index in [-0.39, 0.29) is 0 Å². The molecule has 0 saturated heterocycles. The maximum Gasteiger partial charge on any atom is 0.297 e. The number of hydrogen-bond acceptors (Lipinski definition) is 3. The molecule has 0 aliphatic rings. The number of hydrogen-bond donors (Lipinski definition) is 0. The summed E-state index contributed by atoms with van der Waals surface area (Å²) in [5.41, 5.74) is 3.94. The van der Waals surface area contributed by atoms with E-state index in [2.05, 4.69) is 15.3 Å². The Balaban J connectivity index is 1.92. The first-order valence-corrected chi connectivity index (χ1v) is 7.76. The third kappa shape index (κ3) is 2.48. The smallest absolute Gasteiger partial charge is 0.0914 e. The van der Waals surface area contributed by atoms with Gasteiger partial charge in [0.2, 0.25) is 0 Å². The standard InChI is InChI=1S/C18H17N6/c1-14-13-22(19-15(14)2)24-21-18(16-9-5-3-6-10-16)20-23(24)17-11-7-4-8-12-17/h3-13H,1-2H3/q+1. The Hall–Kier alpha value is -3.28. The van der Waals surface area contributed by atoms with Gasteiger partial charge >= 0.3 is 0 Å². The predicted octanol–water partition coefficient (Wildman–Crippen LogP) is 2.35. The molecule has 4 aromatic rings. The fourth-order valence-electron chi connectivity index (χ4n) is 2.45. The van der Waals surface area contributed by atoms with Crippen molar-refractivity contribution in [2.24, 2.45) is 0 Å². The summed E-state index contributed by atoms with van der Waals surface area (Å²) in [4.78, 5) is 5.11. The van der Waals surface area contributed by atoms with Crippen LogP contribution in [0, 0.1) is 13.8 Å². The highest BCUT2D eigenvalue weighted by atomic mass is 15.9. The summed E-state index contributed by atoms with van der Waals surface area (Å²) in [5.74, 6) is 0.644. The van der Waals surface area contributed by atoms with Crippen molar-refractivity contribution in [2.75, 3.05) is 0 Å². The Morgan fingerprint density at radius 3 is 2.12 bits per heavy atom. The monoisotopic (exact) mass is 317 g/mol. The highest BCUT2D eigenvalue weighted by Crippen LogP contribution is 2.13. The summed E-state index contributed by atoms with van der Waals surface area (Å²) in [6, 6.07) is 19.8. The van der Waals surface area contributed by atoms with Crippen molar-refractivity contribution in [3.8, 4) is 17.1 Å². The molecule has 0 spiro atoms. The zero-order chi connectivity index (χ0) is 16.5. The fraction of sp³-hybridized carbons (Fsp3) is 0.111. The quantitative estimate of drug-likeness (QED) is 0.545. The zero-order valence-electron chi connectivity index (χ0n) is 13.5. The molecular weight excluding hydrogens is 300 g/mol. The van der Waals surface area contributed by atoms with E-state index in [1.165, 1.54) is 0 Å². The van der Waals surface area contributed by atoms with Gasteiger partial charge in [0.05, 0.1) is 5.69 Å². The third-order valence-corrected chi connectivity index (χ3v) is 3.88. The minimum absolute atomic E-state index is 0.644. The average Bonchev–Trinajstić information content (AvgIpc) is 3.21. The molecule has 0 N–H and O–H groups in total. The molecule has 0 saturated carbocycles. The summed E-state index contributed by atoms with van der Waals surface area (Å²) in [7, 11) is 0. The average molecular weight is 317 g/mol. The summed E-state index contributed by atoms with van der Waals surface area (Å²) in [5, 5.41) is 13.9. The topological polar surface area (TPSA) is 52.4 Å². The lowest BCUT2D eigenvalue weighted by Gasteiger charge is -1.98. The predicted molar refractivity (Wildman–Crippen MR) is 89.5 cm³/mol. The van der Waals surface area contributed by atoms with Crippen molar-refractivity contribution in [3.05, 3.63) is 78.1 Å². The minimum atomic E-state index is 0.644. The van der Waals surface area contributed by atoms with Crippen LogP contribution in [0.25, 0.3) is 17.1 Å². The van der Waals surface area contributed by atoms with Crippen molar-refractivity contribution >= 4 is 0 Å². The van der Waals surface area contributed by atoms with E-state index in [9.17, 15) is 0 Å². The van der Waals surface area contributed by atoms with E-state index in [4.69, 9.17) is 0 Å². The molecule has 6 nitrogen and oxygen atoms in total. The molecule has 2 aromatic carbocycles. The van der Waals surface area contributed by atoms with Gasteiger partial charge in [-0.1, -0.05) is 41.5 Å². The largest absolute Gasteiger partial charge is 0.297 e. The molecule has 6 heteroatoms. The molecule has 24 heavy (non-hydrogen) atoms. The highest BCUT2D eigenvalue weighted by Gasteiger charge is 2.22. The number of nitrogens with zero attached hydrogens (tertiary/aromatic N) is 6. The second kappa shape index (κ2) is 5.73. The van der Waals surface area contributed by atoms with Gasteiger partial charge in [-0.05, 0) is 52.8 Å². The molecule has 0 radical (unpaired) electrons. The Kier molecular flexibility index (Phi) is 3.42. The van der Waals surface area contributed by atoms with Gasteiger partial charge in [-0.15, -0.1) is 0 Å². The number of benzene rings is 2. The molecule has 0 fully saturated rings. The number of rotatable bonds is 3. The van der Waals surface area contributed by atoms with Crippen molar-refractivity contribution in [3.63, 3.8) is 0 Å². The molecule has 0 atom stereocenters. The maximum absolute atomic E-state index is 4.67. The maximum atomic E-state index is 4.67. The van der Waals surface area contributed by atoms with Crippen molar-refractivity contribution in [2.45, 2.75) is 13.8 Å². The number of aryl methyl sites for hydroxylation is 2. The molecule has 4 rings (SSSR count). The molecular formula is C18H17N6+. The van der Waals surface area contributed by atoms with Crippen LogP contribution in [0.3, 0.4) is 0 Å². The van der Waals surface area contributed by atoms with E-state index >= 15 is 0 Å². The Morgan fingerprint density at radius 1 is 0.833 bits per heavy atom. The van der Waals surface area contributed by atoms with Crippen LogP contribution < -0.4 is 4.80 Å². The van der Waals surface area contributed by atoms with Gasteiger partial charge in [-0.2, -0.15) is 0 Å². The van der Waals surface area contributed by atoms with Crippen LogP contribution >= 0.6 is 0 Å². The van der Waals surface area contributed by atoms with Crippen LogP contribution in [0.2, 0.25) is 0 Å². The lowest BCUT2D eigenvalue weighted by molar-refractivity contribution is -0.748. The first-order valence-electron chi connectivity index (χ1n) is 7.76. The normalized spacial score (nSPS) is 10.9. The molecule has 118 valence electrons. The van der Waals surface area contributed by atoms with Gasteiger partial charge in [0.25, 0.3) is 5.82 Å². The van der Waals surface area contributed by atoms with Crippen LogP contribution in [0.4, 0.5) is 0 Å². The summed E-state index contributed by atoms with van der Waals surface area (Å²) >= 11 is 0. The molecule has 0 aliphatic carbocycles. The molecule has 2 aromatic heterocycles. The molecule has 0 aliphatic heterocycles. The van der Waals surface area contributed by atoms with E-state index in [0.717, 1.165) is 22.5 Å². The SMILES string of the molecule is Cc1cn(-n2nc(-c3ccccc3)n[n+]2-c2ccccc2)nc1C. The molecule has 0 amide bonds. The number of tetrazole rings is 1. The minimum Gasteiger partial charge on any atom is -0.0914 e. The first kappa shape index (κ1) is 14.3. The Labute approximate surface area is 139 Å². The van der Waals surface area contributed by atoms with E-state index in [1.807, 2.05) is 80.7 Å². The second-order valence-electron chi connectivity index (χ2n) is 5.60.